The molecule has 0 atom stereocenters. The Hall–Kier alpha value is 0.567. The maximum atomic E-state index is 2.27. The summed E-state index contributed by atoms with van der Waals surface area (Å²) in [6, 6.07) is 0. The van der Waals surface area contributed by atoms with Crippen LogP contribution in [0.1, 0.15) is 0 Å². The van der Waals surface area contributed by atoms with Crippen molar-refractivity contribution in [2.75, 3.05) is 0 Å². The minimum absolute atomic E-state index is 0. The molecule has 0 heterocycles. The predicted molar refractivity (Wildman–Crippen MR) is 33.7 cm³/mol. The summed E-state index contributed by atoms with van der Waals surface area (Å²) in [7, 11) is 0.120. The van der Waals surface area contributed by atoms with Crippen molar-refractivity contribution in [2.24, 2.45) is 0 Å². The van der Waals surface area contributed by atoms with Gasteiger partial charge in [0.15, 0.2) is 0 Å². The molecule has 0 aromatic rings. The Bertz CT molecular complexity index is 11.6. The summed E-state index contributed by atoms with van der Waals surface area (Å²) in [4.78, 5) is 0. The minimum atomic E-state index is 0. The van der Waals surface area contributed by atoms with Gasteiger partial charge < -0.3 is 0 Å². The van der Waals surface area contributed by atoms with Crippen LogP contribution < -0.4 is 0 Å². The fourth-order valence-corrected chi connectivity index (χ4v) is 0. The van der Waals surface area contributed by atoms with Crippen LogP contribution >= 0.6 is 13.5 Å². The molecule has 0 N–H and O–H groups in total. The molecule has 2 heteroatoms. The summed E-state index contributed by atoms with van der Waals surface area (Å²) in [5.74, 6) is 0. The first-order chi connectivity index (χ1) is 1.73. The van der Waals surface area contributed by atoms with Gasteiger partial charge in [0.2, 0.25) is 0 Å². The highest BCUT2D eigenvalue weighted by molar-refractivity contribution is 7.59. The minimum Gasteiger partial charge on any atom is -0.197 e. The Labute approximate surface area is 42.6 Å². The van der Waals surface area contributed by atoms with Crippen molar-refractivity contribution < 1.29 is 0 Å². The average molecular weight is 107 g/mol. The van der Waals surface area contributed by atoms with Crippen molar-refractivity contribution in [2.45, 2.75) is 19.6 Å². The fraction of sp³-hybridized carbons (Fsp3) is 1.00. The van der Waals surface area contributed by atoms with E-state index in [1.807, 2.05) is 0 Å². The first kappa shape index (κ1) is 9.13. The van der Waals surface area contributed by atoms with Gasteiger partial charge in [0, 0.05) is 8.80 Å². The van der Waals surface area contributed by atoms with E-state index < -0.39 is 0 Å². The zero-order valence-electron chi connectivity index (χ0n) is 4.00. The number of rotatable bonds is 0. The smallest absolute Gasteiger partial charge is 0.0379 e. The SMILES string of the molecule is C[Si](C)C.S. The van der Waals surface area contributed by atoms with Crippen LogP contribution in [-0.4, -0.2) is 8.80 Å². The first-order valence-corrected chi connectivity index (χ1v) is 4.50. The van der Waals surface area contributed by atoms with Crippen LogP contribution in [0.2, 0.25) is 19.6 Å². The second-order valence-corrected chi connectivity index (χ2v) is 4.50. The molecule has 0 aliphatic rings. The van der Waals surface area contributed by atoms with Crippen molar-refractivity contribution in [3.05, 3.63) is 0 Å². The molecule has 5 heavy (non-hydrogen) atoms. The summed E-state index contributed by atoms with van der Waals surface area (Å²) in [6.45, 7) is 6.81. The van der Waals surface area contributed by atoms with E-state index in [1.165, 1.54) is 0 Å². The van der Waals surface area contributed by atoms with Crippen LogP contribution in [0.5, 0.6) is 0 Å². The molecule has 0 amide bonds. The molecular weight excluding hydrogens is 96.2 g/mol. The second kappa shape index (κ2) is 4.57. The third-order valence-corrected chi connectivity index (χ3v) is 0. The highest BCUT2D eigenvalue weighted by Crippen LogP contribution is 1.68. The van der Waals surface area contributed by atoms with Crippen molar-refractivity contribution in [3.8, 4) is 0 Å². The van der Waals surface area contributed by atoms with Gasteiger partial charge >= 0.3 is 0 Å². The molecule has 0 nitrogen and oxygen atoms in total. The molecule has 0 saturated carbocycles. The standard InChI is InChI=1S/C3H9Si.H2S/c1-4(2)3;/h1-3H3;1H2. The Kier molecular flexibility index (Phi) is 8.34. The molecule has 0 fully saturated rings. The molecular formula is C3H11SSi. The van der Waals surface area contributed by atoms with Gasteiger partial charge in [0.05, 0.1) is 0 Å². The summed E-state index contributed by atoms with van der Waals surface area (Å²) in [6.07, 6.45) is 0. The van der Waals surface area contributed by atoms with Crippen LogP contribution in [0, 0.1) is 0 Å². The highest BCUT2D eigenvalue weighted by atomic mass is 32.1. The van der Waals surface area contributed by atoms with Gasteiger partial charge in [-0.2, -0.15) is 13.5 Å². The number of hydrogen-bond acceptors (Lipinski definition) is 0. The highest BCUT2D eigenvalue weighted by Gasteiger charge is 1.72. The van der Waals surface area contributed by atoms with E-state index in [2.05, 4.69) is 19.6 Å². The van der Waals surface area contributed by atoms with E-state index in [4.69, 9.17) is 0 Å². The predicted octanol–water partition coefficient (Wildman–Crippen LogP) is 1.48. The lowest BCUT2D eigenvalue weighted by atomic mass is 11.8. The third kappa shape index (κ3) is 93.6. The van der Waals surface area contributed by atoms with Crippen LogP contribution in [0.25, 0.3) is 0 Å². The molecule has 0 rings (SSSR count). The lowest BCUT2D eigenvalue weighted by molar-refractivity contribution is 1.91. The zero-order chi connectivity index (χ0) is 3.58. The lowest BCUT2D eigenvalue weighted by Gasteiger charge is -1.75. The Morgan fingerprint density at radius 1 is 1.00 bits per heavy atom. The topological polar surface area (TPSA) is 0 Å². The van der Waals surface area contributed by atoms with E-state index in [0.717, 1.165) is 0 Å². The number of hydrogen-bond donors (Lipinski definition) is 0. The van der Waals surface area contributed by atoms with Gasteiger partial charge in [-0.3, -0.25) is 0 Å². The van der Waals surface area contributed by atoms with Crippen LogP contribution in [-0.2, 0) is 0 Å². The van der Waals surface area contributed by atoms with Crippen molar-refractivity contribution >= 4 is 22.3 Å². The Morgan fingerprint density at radius 3 is 1.00 bits per heavy atom. The van der Waals surface area contributed by atoms with Gasteiger partial charge in [0.25, 0.3) is 0 Å². The largest absolute Gasteiger partial charge is 0.197 e. The van der Waals surface area contributed by atoms with Gasteiger partial charge in [-0.15, -0.1) is 0 Å². The molecule has 0 aliphatic heterocycles. The van der Waals surface area contributed by atoms with Gasteiger partial charge in [-0.1, -0.05) is 19.6 Å². The van der Waals surface area contributed by atoms with E-state index in [0.29, 0.717) is 0 Å². The molecule has 0 aromatic heterocycles. The molecule has 0 aliphatic carbocycles. The van der Waals surface area contributed by atoms with E-state index in [9.17, 15) is 0 Å². The quantitative estimate of drug-likeness (QED) is 0.411. The third-order valence-electron chi connectivity index (χ3n) is 0. The molecule has 0 saturated heterocycles. The summed E-state index contributed by atoms with van der Waals surface area (Å²) in [5, 5.41) is 0. The molecule has 33 valence electrons. The van der Waals surface area contributed by atoms with Crippen molar-refractivity contribution in [3.63, 3.8) is 0 Å². The Balaban J connectivity index is 0. The lowest BCUT2D eigenvalue weighted by Crippen LogP contribution is -1.84. The maximum absolute atomic E-state index is 2.27. The normalized spacial score (nSPS) is 7.20. The molecule has 0 bridgehead atoms. The molecule has 0 unspecified atom stereocenters. The average Bonchev–Trinajstić information content (AvgIpc) is 0.811. The monoisotopic (exact) mass is 107 g/mol. The van der Waals surface area contributed by atoms with Gasteiger partial charge in [0.1, 0.15) is 0 Å². The summed E-state index contributed by atoms with van der Waals surface area (Å²) < 4.78 is 0. The van der Waals surface area contributed by atoms with E-state index in [1.54, 1.807) is 0 Å². The zero-order valence-corrected chi connectivity index (χ0v) is 6.00. The summed E-state index contributed by atoms with van der Waals surface area (Å²) >= 11 is 0. The summed E-state index contributed by atoms with van der Waals surface area (Å²) in [5.41, 5.74) is 0. The second-order valence-electron chi connectivity index (χ2n) is 1.50. The molecule has 0 aromatic carbocycles. The van der Waals surface area contributed by atoms with Crippen LogP contribution in [0.3, 0.4) is 0 Å². The maximum Gasteiger partial charge on any atom is 0.0379 e. The fourth-order valence-electron chi connectivity index (χ4n) is 0. The van der Waals surface area contributed by atoms with Gasteiger partial charge in [-0.05, 0) is 0 Å². The van der Waals surface area contributed by atoms with Crippen LogP contribution in [0.15, 0.2) is 0 Å². The first-order valence-electron chi connectivity index (χ1n) is 1.50. The van der Waals surface area contributed by atoms with E-state index in [-0.39, 0.29) is 22.3 Å². The molecule has 0 spiro atoms. The van der Waals surface area contributed by atoms with Gasteiger partial charge in [-0.25, -0.2) is 0 Å². The van der Waals surface area contributed by atoms with Crippen LogP contribution in [0.4, 0.5) is 0 Å². The van der Waals surface area contributed by atoms with Crippen molar-refractivity contribution in [1.82, 2.24) is 0 Å². The van der Waals surface area contributed by atoms with Crippen molar-refractivity contribution in [1.29, 1.82) is 0 Å². The Morgan fingerprint density at radius 2 is 1.00 bits per heavy atom. The van der Waals surface area contributed by atoms with E-state index >= 15 is 0 Å². The molecule has 1 radical (unpaired) electrons.